The summed E-state index contributed by atoms with van der Waals surface area (Å²) in [6, 6.07) is 16.2. The van der Waals surface area contributed by atoms with E-state index in [-0.39, 0.29) is 11.7 Å². The number of carbonyl (C=O) groups excluding carboxylic acids is 1. The van der Waals surface area contributed by atoms with Crippen molar-refractivity contribution in [3.05, 3.63) is 82.3 Å². The van der Waals surface area contributed by atoms with Gasteiger partial charge < -0.3 is 5.32 Å². The minimum atomic E-state index is -0.383. The lowest BCUT2D eigenvalue weighted by Crippen LogP contribution is -2.27. The second-order valence-corrected chi connectivity index (χ2v) is 8.41. The van der Waals surface area contributed by atoms with Crippen molar-refractivity contribution in [2.45, 2.75) is 24.7 Å². The number of ketones is 1. The Morgan fingerprint density at radius 3 is 2.63 bits per heavy atom. The van der Waals surface area contributed by atoms with Gasteiger partial charge in [0.15, 0.2) is 5.78 Å². The summed E-state index contributed by atoms with van der Waals surface area (Å²) in [6.45, 7) is 3.43. The van der Waals surface area contributed by atoms with Crippen LogP contribution in [0.5, 0.6) is 0 Å². The van der Waals surface area contributed by atoms with Crippen molar-refractivity contribution < 1.29 is 4.79 Å². The molecule has 2 aromatic rings. The number of Topliss-reactive ketones (excluding diaryl/α,β-unsaturated/α-hetero) is 1. The Bertz CT molecular complexity index is 931. The van der Waals surface area contributed by atoms with Gasteiger partial charge in [-0.15, -0.1) is 11.8 Å². The number of aromatic nitrogens is 1. The predicted molar refractivity (Wildman–Crippen MR) is 111 cm³/mol. The third kappa shape index (κ3) is 4.44. The maximum absolute atomic E-state index is 12.3. The van der Waals surface area contributed by atoms with Gasteiger partial charge in [0.2, 0.25) is 0 Å². The number of pyridine rings is 1. The van der Waals surface area contributed by atoms with Crippen LogP contribution in [-0.4, -0.2) is 15.9 Å². The van der Waals surface area contributed by atoms with E-state index in [0.717, 1.165) is 21.4 Å². The molecular formula is C21H19N3OS2. The molecule has 6 heteroatoms. The van der Waals surface area contributed by atoms with E-state index in [4.69, 9.17) is 0 Å². The number of nitrogens with zero attached hydrogens (tertiary/aromatic N) is 2. The number of carbonyl (C=O) groups is 1. The van der Waals surface area contributed by atoms with Gasteiger partial charge in [0, 0.05) is 28.6 Å². The number of thioether (sulfide) groups is 2. The zero-order valence-electron chi connectivity index (χ0n) is 15.1. The highest BCUT2D eigenvalue weighted by atomic mass is 32.2. The Kier molecular flexibility index (Phi) is 6.38. The summed E-state index contributed by atoms with van der Waals surface area (Å²) in [6.07, 6.45) is 3.42. The summed E-state index contributed by atoms with van der Waals surface area (Å²) in [4.78, 5) is 17.7. The van der Waals surface area contributed by atoms with Crippen LogP contribution in [-0.2, 0) is 4.79 Å². The average Bonchev–Trinajstić information content (AvgIpc) is 2.68. The van der Waals surface area contributed by atoms with Crippen LogP contribution in [0.1, 0.15) is 25.3 Å². The Hall–Kier alpha value is -2.49. The van der Waals surface area contributed by atoms with Crippen LogP contribution in [0.15, 0.2) is 81.6 Å². The Morgan fingerprint density at radius 2 is 2.00 bits per heavy atom. The fraction of sp³-hybridized carbons (Fsp3) is 0.190. The first kappa shape index (κ1) is 19.3. The molecule has 4 nitrogen and oxygen atoms in total. The molecule has 0 bridgehead atoms. The number of hydrogen-bond donors (Lipinski definition) is 1. The van der Waals surface area contributed by atoms with E-state index < -0.39 is 0 Å². The Balaban J connectivity index is 1.90. The maximum Gasteiger partial charge on any atom is 0.158 e. The summed E-state index contributed by atoms with van der Waals surface area (Å²) in [5, 5.41) is 14.7. The number of allylic oxidation sites excluding steroid dienone is 3. The fourth-order valence-corrected chi connectivity index (χ4v) is 5.19. The second-order valence-electron chi connectivity index (χ2n) is 6.01. The van der Waals surface area contributed by atoms with Gasteiger partial charge in [-0.25, -0.2) is 0 Å². The molecule has 136 valence electrons. The molecule has 0 spiro atoms. The zero-order chi connectivity index (χ0) is 19.2. The highest BCUT2D eigenvalue weighted by molar-refractivity contribution is 8.17. The van der Waals surface area contributed by atoms with Crippen molar-refractivity contribution in [2.75, 3.05) is 5.08 Å². The number of hydrogen-bond acceptors (Lipinski definition) is 6. The normalized spacial score (nSPS) is 16.7. The first-order valence-electron chi connectivity index (χ1n) is 8.45. The molecule has 1 N–H and O–H groups in total. The monoisotopic (exact) mass is 393 g/mol. The minimum Gasteiger partial charge on any atom is -0.353 e. The lowest BCUT2D eigenvalue weighted by atomic mass is 9.81. The molecule has 1 aromatic heterocycles. The molecule has 1 aliphatic rings. The van der Waals surface area contributed by atoms with Crippen molar-refractivity contribution in [3.63, 3.8) is 0 Å². The summed E-state index contributed by atoms with van der Waals surface area (Å²) in [5.74, 6) is -0.420. The lowest BCUT2D eigenvalue weighted by Gasteiger charge is -2.29. The molecule has 27 heavy (non-hydrogen) atoms. The van der Waals surface area contributed by atoms with Crippen LogP contribution in [0.4, 0.5) is 0 Å². The van der Waals surface area contributed by atoms with Crippen LogP contribution in [0.25, 0.3) is 0 Å². The molecule has 0 unspecified atom stereocenters. The zero-order valence-corrected chi connectivity index (χ0v) is 16.7. The maximum atomic E-state index is 12.3. The number of dihydropyridines is 1. The van der Waals surface area contributed by atoms with E-state index in [1.165, 1.54) is 4.90 Å². The standard InChI is InChI=1S/C21H19N3OS2/c1-14-19(15(2)25)20(16-7-6-10-23-12-16)18(11-22)21(24-14)27-13-26-17-8-4-3-5-9-17/h3-10,12,20,24H,13H2,1-2H3/t20-/m0/s1. The first-order chi connectivity index (χ1) is 13.1. The van der Waals surface area contributed by atoms with Crippen molar-refractivity contribution >= 4 is 29.3 Å². The van der Waals surface area contributed by atoms with E-state index in [1.807, 2.05) is 37.3 Å². The van der Waals surface area contributed by atoms with Gasteiger partial charge in [0.25, 0.3) is 0 Å². The van der Waals surface area contributed by atoms with Gasteiger partial charge in [-0.1, -0.05) is 36.0 Å². The van der Waals surface area contributed by atoms with E-state index in [1.54, 1.807) is 42.8 Å². The van der Waals surface area contributed by atoms with Crippen molar-refractivity contribution in [1.29, 1.82) is 5.26 Å². The summed E-state index contributed by atoms with van der Waals surface area (Å²) < 4.78 is 0. The molecule has 2 heterocycles. The molecule has 1 atom stereocenters. The molecule has 0 amide bonds. The lowest BCUT2D eigenvalue weighted by molar-refractivity contribution is -0.113. The molecule has 1 aromatic carbocycles. The summed E-state index contributed by atoms with van der Waals surface area (Å²) >= 11 is 3.30. The third-order valence-corrected chi connectivity index (χ3v) is 6.38. The number of benzene rings is 1. The van der Waals surface area contributed by atoms with Gasteiger partial charge in [0.1, 0.15) is 0 Å². The number of rotatable bonds is 6. The molecule has 3 rings (SSSR count). The third-order valence-electron chi connectivity index (χ3n) is 4.22. The van der Waals surface area contributed by atoms with Gasteiger partial charge >= 0.3 is 0 Å². The van der Waals surface area contributed by atoms with Crippen LogP contribution in [0.2, 0.25) is 0 Å². The number of nitriles is 1. The van der Waals surface area contributed by atoms with Gasteiger partial charge in [0.05, 0.1) is 27.7 Å². The van der Waals surface area contributed by atoms with Crippen LogP contribution in [0.3, 0.4) is 0 Å². The Morgan fingerprint density at radius 1 is 1.22 bits per heavy atom. The largest absolute Gasteiger partial charge is 0.353 e. The van der Waals surface area contributed by atoms with Crippen molar-refractivity contribution in [2.24, 2.45) is 0 Å². The van der Waals surface area contributed by atoms with Gasteiger partial charge in [-0.3, -0.25) is 9.78 Å². The highest BCUT2D eigenvalue weighted by Gasteiger charge is 2.33. The number of nitrogens with one attached hydrogen (secondary N) is 1. The molecule has 0 radical (unpaired) electrons. The molecule has 0 fully saturated rings. The minimum absolute atomic E-state index is 0.0377. The van der Waals surface area contributed by atoms with E-state index in [0.29, 0.717) is 11.1 Å². The van der Waals surface area contributed by atoms with E-state index in [2.05, 4.69) is 28.5 Å². The molecule has 1 aliphatic heterocycles. The fourth-order valence-electron chi connectivity index (χ4n) is 3.05. The topological polar surface area (TPSA) is 65.8 Å². The van der Waals surface area contributed by atoms with Crippen LogP contribution >= 0.6 is 23.5 Å². The van der Waals surface area contributed by atoms with Crippen molar-refractivity contribution in [3.8, 4) is 6.07 Å². The van der Waals surface area contributed by atoms with Crippen molar-refractivity contribution in [1.82, 2.24) is 10.3 Å². The molecular weight excluding hydrogens is 374 g/mol. The van der Waals surface area contributed by atoms with Crippen LogP contribution in [0, 0.1) is 11.3 Å². The molecule has 0 saturated carbocycles. The van der Waals surface area contributed by atoms with Gasteiger partial charge in [-0.05, 0) is 37.6 Å². The average molecular weight is 394 g/mol. The Labute approximate surface area is 167 Å². The van der Waals surface area contributed by atoms with Gasteiger partial charge in [-0.2, -0.15) is 5.26 Å². The van der Waals surface area contributed by atoms with E-state index >= 15 is 0 Å². The van der Waals surface area contributed by atoms with Crippen LogP contribution < -0.4 is 5.32 Å². The molecule has 0 aliphatic carbocycles. The highest BCUT2D eigenvalue weighted by Crippen LogP contribution is 2.41. The van der Waals surface area contributed by atoms with E-state index in [9.17, 15) is 10.1 Å². The summed E-state index contributed by atoms with van der Waals surface area (Å²) in [7, 11) is 0. The predicted octanol–water partition coefficient (Wildman–Crippen LogP) is 4.85. The smallest absolute Gasteiger partial charge is 0.158 e. The quantitative estimate of drug-likeness (QED) is 0.559. The SMILES string of the molecule is CC(=O)C1=C(C)NC(SCSc2ccccc2)=C(C#N)[C@@H]1c1cccnc1. The second kappa shape index (κ2) is 8.94. The molecule has 0 saturated heterocycles. The summed E-state index contributed by atoms with van der Waals surface area (Å²) in [5.41, 5.74) is 2.84. The first-order valence-corrected chi connectivity index (χ1v) is 10.4.